The number of amides is 1. The van der Waals surface area contributed by atoms with E-state index >= 15 is 0 Å². The van der Waals surface area contributed by atoms with Crippen LogP contribution in [0.5, 0.6) is 0 Å². The van der Waals surface area contributed by atoms with Gasteiger partial charge in [0.1, 0.15) is 11.6 Å². The van der Waals surface area contributed by atoms with Crippen LogP contribution in [0, 0.1) is 11.3 Å². The first-order chi connectivity index (χ1) is 8.71. The first kappa shape index (κ1) is 15.9. The Bertz CT molecular complexity index is 346. The highest BCUT2D eigenvalue weighted by Crippen LogP contribution is 2.01. The molecule has 0 aromatic rings. The molecular weight excluding hydrogens is 230 g/mol. The maximum absolute atomic E-state index is 12.0. The van der Waals surface area contributed by atoms with Crippen LogP contribution in [-0.2, 0) is 4.79 Å². The number of nitriles is 1. The van der Waals surface area contributed by atoms with Gasteiger partial charge >= 0.3 is 0 Å². The third-order valence-corrected chi connectivity index (χ3v) is 2.06. The summed E-state index contributed by atoms with van der Waals surface area (Å²) >= 11 is 0. The summed E-state index contributed by atoms with van der Waals surface area (Å²) in [6.07, 6.45) is 5.12. The molecule has 0 spiro atoms. The third-order valence-electron chi connectivity index (χ3n) is 2.06. The summed E-state index contributed by atoms with van der Waals surface area (Å²) in [5.74, 6) is -0.367. The van der Waals surface area contributed by atoms with E-state index in [-0.39, 0.29) is 18.1 Å². The predicted molar refractivity (Wildman–Crippen MR) is 70.4 cm³/mol. The van der Waals surface area contributed by atoms with Crippen molar-refractivity contribution in [2.24, 2.45) is 0 Å². The number of nitrogens with zero attached hydrogens (tertiary/aromatic N) is 2. The fourth-order valence-corrected chi connectivity index (χ4v) is 1.22. The minimum absolute atomic E-state index is 0.0247. The zero-order valence-electron chi connectivity index (χ0n) is 10.4. The number of hydrogen-bond donors (Lipinski definition) is 2. The van der Waals surface area contributed by atoms with E-state index in [4.69, 9.17) is 10.4 Å². The molecule has 0 unspecified atom stereocenters. The predicted octanol–water partition coefficient (Wildman–Crippen LogP) is 0.566. The van der Waals surface area contributed by atoms with Crippen molar-refractivity contribution in [2.45, 2.75) is 6.42 Å². The van der Waals surface area contributed by atoms with Crippen LogP contribution in [0.2, 0.25) is 0 Å². The zero-order chi connectivity index (χ0) is 13.8. The standard InChI is InChI=1S/C13H19N3O2/c1-3-7-16(8-4-2)13(18)12(10-14)11-15-6-5-9-17/h3-4,11,15,17H,1-2,5-9H2/b12-11-. The van der Waals surface area contributed by atoms with Crippen LogP contribution in [-0.4, -0.2) is 42.2 Å². The van der Waals surface area contributed by atoms with E-state index in [1.165, 1.54) is 11.1 Å². The van der Waals surface area contributed by atoms with Gasteiger partial charge in [-0.2, -0.15) is 5.26 Å². The average Bonchev–Trinajstić information content (AvgIpc) is 2.38. The Balaban J connectivity index is 4.60. The fourth-order valence-electron chi connectivity index (χ4n) is 1.22. The number of aliphatic hydroxyl groups excluding tert-OH is 1. The van der Waals surface area contributed by atoms with E-state index in [0.717, 1.165) is 0 Å². The van der Waals surface area contributed by atoms with E-state index in [0.29, 0.717) is 26.1 Å². The molecule has 0 saturated carbocycles. The summed E-state index contributed by atoms with van der Waals surface area (Å²) in [4.78, 5) is 13.4. The lowest BCUT2D eigenvalue weighted by molar-refractivity contribution is -0.125. The Morgan fingerprint density at radius 2 is 2.00 bits per heavy atom. The van der Waals surface area contributed by atoms with Crippen LogP contribution in [0.1, 0.15) is 6.42 Å². The highest BCUT2D eigenvalue weighted by Gasteiger charge is 2.15. The molecule has 0 aliphatic heterocycles. The minimum Gasteiger partial charge on any atom is -0.396 e. The van der Waals surface area contributed by atoms with Crippen LogP contribution < -0.4 is 5.32 Å². The Kier molecular flexibility index (Phi) is 8.96. The molecule has 98 valence electrons. The van der Waals surface area contributed by atoms with Gasteiger partial charge in [0.25, 0.3) is 5.91 Å². The lowest BCUT2D eigenvalue weighted by atomic mass is 10.2. The van der Waals surface area contributed by atoms with Gasteiger partial charge in [0.2, 0.25) is 0 Å². The second kappa shape index (κ2) is 10.1. The van der Waals surface area contributed by atoms with Crippen molar-refractivity contribution in [1.29, 1.82) is 5.26 Å². The fraction of sp³-hybridized carbons (Fsp3) is 0.385. The molecule has 18 heavy (non-hydrogen) atoms. The molecule has 5 heteroatoms. The van der Waals surface area contributed by atoms with Crippen molar-refractivity contribution in [3.8, 4) is 6.07 Å². The molecule has 5 nitrogen and oxygen atoms in total. The maximum atomic E-state index is 12.0. The smallest absolute Gasteiger partial charge is 0.266 e. The van der Waals surface area contributed by atoms with E-state index in [9.17, 15) is 4.79 Å². The number of nitrogens with one attached hydrogen (secondary N) is 1. The van der Waals surface area contributed by atoms with Crippen LogP contribution in [0.15, 0.2) is 37.1 Å². The summed E-state index contributed by atoms with van der Waals surface area (Å²) in [7, 11) is 0. The number of hydrogen-bond acceptors (Lipinski definition) is 4. The quantitative estimate of drug-likeness (QED) is 0.271. The molecule has 0 atom stereocenters. The number of carbonyl (C=O) groups is 1. The van der Waals surface area contributed by atoms with Crippen molar-refractivity contribution < 1.29 is 9.90 Å². The molecule has 0 saturated heterocycles. The van der Waals surface area contributed by atoms with E-state index in [2.05, 4.69) is 18.5 Å². The molecule has 0 aliphatic rings. The molecule has 0 bridgehead atoms. The molecule has 0 aromatic heterocycles. The molecular formula is C13H19N3O2. The van der Waals surface area contributed by atoms with E-state index < -0.39 is 0 Å². The summed E-state index contributed by atoms with van der Waals surface area (Å²) in [6, 6.07) is 1.85. The summed E-state index contributed by atoms with van der Waals surface area (Å²) < 4.78 is 0. The van der Waals surface area contributed by atoms with Crippen molar-refractivity contribution in [3.63, 3.8) is 0 Å². The summed E-state index contributed by atoms with van der Waals surface area (Å²) in [6.45, 7) is 8.43. The zero-order valence-corrected chi connectivity index (χ0v) is 10.4. The number of rotatable bonds is 9. The lowest BCUT2D eigenvalue weighted by Gasteiger charge is -2.18. The normalized spacial score (nSPS) is 10.3. The highest BCUT2D eigenvalue weighted by molar-refractivity contribution is 5.97. The van der Waals surface area contributed by atoms with Gasteiger partial charge in [0, 0.05) is 32.4 Å². The lowest BCUT2D eigenvalue weighted by Crippen LogP contribution is -2.32. The van der Waals surface area contributed by atoms with Gasteiger partial charge in [-0.3, -0.25) is 4.79 Å². The largest absolute Gasteiger partial charge is 0.396 e. The Morgan fingerprint density at radius 3 is 2.44 bits per heavy atom. The number of carbonyl (C=O) groups excluding carboxylic acids is 1. The van der Waals surface area contributed by atoms with Crippen LogP contribution in [0.3, 0.4) is 0 Å². The van der Waals surface area contributed by atoms with Crippen LogP contribution in [0.4, 0.5) is 0 Å². The SMILES string of the molecule is C=CCN(CC=C)C(=O)/C(C#N)=C\NCCCO. The van der Waals surface area contributed by atoms with Gasteiger partial charge in [-0.15, -0.1) is 13.2 Å². The van der Waals surface area contributed by atoms with Gasteiger partial charge in [-0.1, -0.05) is 12.2 Å². The van der Waals surface area contributed by atoms with E-state index in [1.807, 2.05) is 6.07 Å². The van der Waals surface area contributed by atoms with Gasteiger partial charge in [-0.05, 0) is 6.42 Å². The Hall–Kier alpha value is -2.06. The summed E-state index contributed by atoms with van der Waals surface area (Å²) in [5.41, 5.74) is 0.0247. The molecule has 1 amide bonds. The van der Waals surface area contributed by atoms with Crippen LogP contribution >= 0.6 is 0 Å². The molecule has 0 aliphatic carbocycles. The molecule has 0 rings (SSSR count). The topological polar surface area (TPSA) is 76.4 Å². The monoisotopic (exact) mass is 249 g/mol. The minimum atomic E-state index is -0.367. The average molecular weight is 249 g/mol. The number of aliphatic hydroxyl groups is 1. The molecule has 0 aromatic carbocycles. The molecule has 2 N–H and O–H groups in total. The maximum Gasteiger partial charge on any atom is 0.266 e. The van der Waals surface area contributed by atoms with E-state index in [1.54, 1.807) is 12.2 Å². The van der Waals surface area contributed by atoms with Gasteiger partial charge < -0.3 is 15.3 Å². The Labute approximate surface area is 108 Å². The van der Waals surface area contributed by atoms with Crippen molar-refractivity contribution in [2.75, 3.05) is 26.2 Å². The highest BCUT2D eigenvalue weighted by atomic mass is 16.3. The molecule has 0 fully saturated rings. The van der Waals surface area contributed by atoms with Crippen LogP contribution in [0.25, 0.3) is 0 Å². The Morgan fingerprint density at radius 1 is 1.39 bits per heavy atom. The van der Waals surface area contributed by atoms with Gasteiger partial charge in [-0.25, -0.2) is 0 Å². The second-order valence-electron chi connectivity index (χ2n) is 3.49. The van der Waals surface area contributed by atoms with Crippen molar-refractivity contribution in [1.82, 2.24) is 10.2 Å². The molecule has 0 radical (unpaired) electrons. The van der Waals surface area contributed by atoms with Gasteiger partial charge in [0.05, 0.1) is 0 Å². The first-order valence-corrected chi connectivity index (χ1v) is 5.66. The van der Waals surface area contributed by atoms with Gasteiger partial charge in [0.15, 0.2) is 0 Å². The summed E-state index contributed by atoms with van der Waals surface area (Å²) in [5, 5.41) is 20.3. The van der Waals surface area contributed by atoms with Crippen molar-refractivity contribution >= 4 is 5.91 Å². The first-order valence-electron chi connectivity index (χ1n) is 5.66. The van der Waals surface area contributed by atoms with Crippen molar-refractivity contribution in [3.05, 3.63) is 37.1 Å². The third kappa shape index (κ3) is 5.87. The molecule has 0 heterocycles. The second-order valence-corrected chi connectivity index (χ2v) is 3.49.